The molecule has 0 radical (unpaired) electrons. The number of imide groups is 1. The number of ether oxygens (including phenoxy) is 1. The van der Waals surface area contributed by atoms with Crippen LogP contribution in [-0.2, 0) is 4.79 Å². The van der Waals surface area contributed by atoms with E-state index in [4.69, 9.17) is 4.74 Å². The van der Waals surface area contributed by atoms with Crippen molar-refractivity contribution in [1.82, 2.24) is 0 Å². The van der Waals surface area contributed by atoms with E-state index >= 15 is 0 Å². The molecule has 1 aliphatic heterocycles. The van der Waals surface area contributed by atoms with Crippen molar-refractivity contribution in [2.24, 2.45) is 4.99 Å². The Labute approximate surface area is 178 Å². The summed E-state index contributed by atoms with van der Waals surface area (Å²) in [5, 5.41) is 0. The number of benzene rings is 2. The van der Waals surface area contributed by atoms with Crippen LogP contribution in [0.15, 0.2) is 53.5 Å². The van der Waals surface area contributed by atoms with Gasteiger partial charge in [0.2, 0.25) is 5.91 Å². The van der Waals surface area contributed by atoms with Crippen molar-refractivity contribution in [2.75, 3.05) is 38.2 Å². The third-order valence-corrected chi connectivity index (χ3v) is 5.60. The fourth-order valence-electron chi connectivity index (χ4n) is 3.80. The Kier molecular flexibility index (Phi) is 7.36. The van der Waals surface area contributed by atoms with E-state index in [2.05, 4.69) is 18.8 Å². The zero-order chi connectivity index (χ0) is 21.5. The minimum absolute atomic E-state index is 0.287. The number of fused-ring (bicyclic) bond motifs is 1. The van der Waals surface area contributed by atoms with Crippen molar-refractivity contribution in [3.8, 4) is 5.75 Å². The summed E-state index contributed by atoms with van der Waals surface area (Å²) < 4.78 is 5.26. The highest BCUT2D eigenvalue weighted by atomic mass is 16.5. The van der Waals surface area contributed by atoms with Gasteiger partial charge < -0.3 is 9.64 Å². The number of hydrogen-bond acceptors (Lipinski definition) is 4. The second kappa shape index (κ2) is 10.2. The van der Waals surface area contributed by atoms with Gasteiger partial charge in [0.05, 0.1) is 38.3 Å². The molecule has 0 saturated heterocycles. The molecule has 2 aromatic carbocycles. The van der Waals surface area contributed by atoms with E-state index < -0.39 is 5.92 Å². The van der Waals surface area contributed by atoms with Crippen LogP contribution in [0.1, 0.15) is 42.1 Å². The number of amides is 2. The Hall–Kier alpha value is -2.99. The largest absolute Gasteiger partial charge is 0.497 e. The third-order valence-electron chi connectivity index (χ3n) is 5.60. The fraction of sp³-hybridized carbons (Fsp3) is 0.375. The summed E-state index contributed by atoms with van der Waals surface area (Å²) in [6.07, 6.45) is 2.67. The van der Waals surface area contributed by atoms with E-state index in [-0.39, 0.29) is 11.8 Å². The molecule has 0 aromatic heterocycles. The summed E-state index contributed by atoms with van der Waals surface area (Å²) >= 11 is 0. The molecule has 6 nitrogen and oxygen atoms in total. The van der Waals surface area contributed by atoms with Gasteiger partial charge in [-0.25, -0.2) is 4.90 Å². The van der Waals surface area contributed by atoms with E-state index in [0.717, 1.165) is 26.1 Å². The van der Waals surface area contributed by atoms with Gasteiger partial charge in [0, 0.05) is 30.8 Å². The Morgan fingerprint density at radius 3 is 2.60 bits per heavy atom. The van der Waals surface area contributed by atoms with Gasteiger partial charge in [0.1, 0.15) is 5.75 Å². The molecule has 0 bridgehead atoms. The van der Waals surface area contributed by atoms with Gasteiger partial charge in [0.15, 0.2) is 0 Å². The van der Waals surface area contributed by atoms with Crippen LogP contribution in [0.25, 0.3) is 0 Å². The standard InChI is InChI=1S/C24H29N3O3/c1-4-26(5-2)15-9-14-25-17-22-20-12-6-7-13-21(20)23(28)27(24(22)29)18-10-8-11-19(16-18)30-3/h6-8,10-13,16-17,22H,4-5,9,14-15H2,1-3H3/p+1. The van der Waals surface area contributed by atoms with Crippen LogP contribution in [-0.4, -0.2) is 51.3 Å². The monoisotopic (exact) mass is 408 g/mol. The molecule has 2 amide bonds. The minimum Gasteiger partial charge on any atom is -0.497 e. The molecular weight excluding hydrogens is 378 g/mol. The van der Waals surface area contributed by atoms with Crippen LogP contribution in [0, 0.1) is 0 Å². The quantitative estimate of drug-likeness (QED) is 0.394. The molecule has 2 aromatic rings. The summed E-state index contributed by atoms with van der Waals surface area (Å²) in [6, 6.07) is 14.3. The number of carbonyl (C=O) groups is 2. The molecule has 1 atom stereocenters. The van der Waals surface area contributed by atoms with Crippen molar-refractivity contribution < 1.29 is 19.2 Å². The van der Waals surface area contributed by atoms with Gasteiger partial charge in [-0.05, 0) is 37.6 Å². The maximum absolute atomic E-state index is 13.3. The second-order valence-corrected chi connectivity index (χ2v) is 7.36. The molecule has 1 heterocycles. The van der Waals surface area contributed by atoms with E-state index in [1.165, 1.54) is 4.90 Å². The highest BCUT2D eigenvalue weighted by molar-refractivity contribution is 6.29. The molecule has 30 heavy (non-hydrogen) atoms. The first kappa shape index (κ1) is 21.7. The molecule has 3 rings (SSSR count). The molecule has 0 saturated carbocycles. The first-order chi connectivity index (χ1) is 14.6. The van der Waals surface area contributed by atoms with E-state index in [0.29, 0.717) is 29.1 Å². The summed E-state index contributed by atoms with van der Waals surface area (Å²) in [4.78, 5) is 33.8. The Morgan fingerprint density at radius 2 is 1.87 bits per heavy atom. The van der Waals surface area contributed by atoms with Crippen molar-refractivity contribution in [3.63, 3.8) is 0 Å². The lowest BCUT2D eigenvalue weighted by Gasteiger charge is -2.31. The van der Waals surface area contributed by atoms with Gasteiger partial charge in [-0.1, -0.05) is 24.3 Å². The molecule has 0 spiro atoms. The number of methoxy groups -OCH3 is 1. The van der Waals surface area contributed by atoms with E-state index in [1.807, 2.05) is 18.2 Å². The minimum atomic E-state index is -0.578. The third kappa shape index (κ3) is 4.60. The van der Waals surface area contributed by atoms with Crippen LogP contribution in [0.4, 0.5) is 5.69 Å². The van der Waals surface area contributed by atoms with Crippen LogP contribution in [0.3, 0.4) is 0 Å². The molecule has 1 aliphatic rings. The molecule has 0 aliphatic carbocycles. The number of carbonyl (C=O) groups excluding carboxylic acids is 2. The van der Waals surface area contributed by atoms with Crippen molar-refractivity contribution in [3.05, 3.63) is 59.7 Å². The smallest absolute Gasteiger partial charge is 0.265 e. The van der Waals surface area contributed by atoms with Gasteiger partial charge in [0.25, 0.3) is 5.91 Å². The first-order valence-electron chi connectivity index (χ1n) is 10.6. The van der Waals surface area contributed by atoms with Crippen LogP contribution in [0.2, 0.25) is 0 Å². The summed E-state index contributed by atoms with van der Waals surface area (Å²) in [5.41, 5.74) is 1.75. The second-order valence-electron chi connectivity index (χ2n) is 7.36. The van der Waals surface area contributed by atoms with Crippen LogP contribution in [0.5, 0.6) is 5.75 Å². The SMILES string of the molecule is CC[NH+](CC)CCCN=CC1C(=O)N(c2cccc(OC)c2)C(=O)c2ccccc21. The Bertz CT molecular complexity index is 921. The molecule has 0 fully saturated rings. The fourth-order valence-corrected chi connectivity index (χ4v) is 3.80. The number of hydrogen-bond donors (Lipinski definition) is 1. The lowest BCUT2D eigenvalue weighted by atomic mass is 9.89. The summed E-state index contributed by atoms with van der Waals surface area (Å²) in [6.45, 7) is 8.31. The number of rotatable bonds is 9. The van der Waals surface area contributed by atoms with Crippen LogP contribution >= 0.6 is 0 Å². The predicted octanol–water partition coefficient (Wildman–Crippen LogP) is 2.35. The zero-order valence-electron chi connectivity index (χ0n) is 17.9. The molecule has 158 valence electrons. The number of quaternary nitrogens is 1. The Morgan fingerprint density at radius 1 is 1.10 bits per heavy atom. The van der Waals surface area contributed by atoms with Gasteiger partial charge >= 0.3 is 0 Å². The molecule has 6 heteroatoms. The van der Waals surface area contributed by atoms with Gasteiger partial charge in [-0.3, -0.25) is 14.6 Å². The lowest BCUT2D eigenvalue weighted by molar-refractivity contribution is -0.896. The number of anilines is 1. The normalized spacial score (nSPS) is 16.4. The maximum atomic E-state index is 13.3. The van der Waals surface area contributed by atoms with Crippen molar-refractivity contribution >= 4 is 23.7 Å². The van der Waals surface area contributed by atoms with Gasteiger partial charge in [-0.15, -0.1) is 0 Å². The number of aliphatic imine (C=N–C) groups is 1. The van der Waals surface area contributed by atoms with Gasteiger partial charge in [-0.2, -0.15) is 0 Å². The topological polar surface area (TPSA) is 63.4 Å². The maximum Gasteiger partial charge on any atom is 0.265 e. The average Bonchev–Trinajstić information content (AvgIpc) is 2.78. The summed E-state index contributed by atoms with van der Waals surface area (Å²) in [5.74, 6) is -0.592. The van der Waals surface area contributed by atoms with E-state index in [9.17, 15) is 9.59 Å². The molecule has 1 N–H and O–H groups in total. The van der Waals surface area contributed by atoms with Crippen molar-refractivity contribution in [1.29, 1.82) is 0 Å². The number of nitrogens with zero attached hydrogens (tertiary/aromatic N) is 2. The highest BCUT2D eigenvalue weighted by Gasteiger charge is 2.38. The first-order valence-corrected chi connectivity index (χ1v) is 10.6. The predicted molar refractivity (Wildman–Crippen MR) is 119 cm³/mol. The highest BCUT2D eigenvalue weighted by Crippen LogP contribution is 2.33. The Balaban J connectivity index is 1.85. The molecule has 1 unspecified atom stereocenters. The van der Waals surface area contributed by atoms with E-state index in [1.54, 1.807) is 48.6 Å². The zero-order valence-corrected chi connectivity index (χ0v) is 17.9. The van der Waals surface area contributed by atoms with Crippen molar-refractivity contribution in [2.45, 2.75) is 26.2 Å². The molecular formula is C24H30N3O3+. The lowest BCUT2D eigenvalue weighted by Crippen LogP contribution is -3.11. The number of nitrogens with one attached hydrogen (secondary N) is 1. The summed E-state index contributed by atoms with van der Waals surface area (Å²) in [7, 11) is 1.56. The van der Waals surface area contributed by atoms with Crippen LogP contribution < -0.4 is 14.5 Å². The average molecular weight is 409 g/mol.